The third-order valence-corrected chi connectivity index (χ3v) is 20.6. The van der Waals surface area contributed by atoms with Crippen molar-refractivity contribution >= 4 is 195 Å². The molecule has 0 unspecified atom stereocenters. The quantitative estimate of drug-likeness (QED) is 0.155. The minimum absolute atomic E-state index is 0.0308. The Kier molecular flexibility index (Phi) is 6.24. The molecule has 26 aromatic rings. The van der Waals surface area contributed by atoms with Gasteiger partial charge in [-0.1, -0.05) is 290 Å². The van der Waals surface area contributed by atoms with E-state index in [0.29, 0.717) is 27.7 Å². The van der Waals surface area contributed by atoms with Gasteiger partial charge in [-0.05, 0) is 290 Å². The molecule has 0 spiro atoms. The average molecular weight is 1440 g/mol. The van der Waals surface area contributed by atoms with Crippen LogP contribution in [0.1, 0.15) is 65.8 Å². The Morgan fingerprint density at radius 3 is 0.964 bits per heavy atom. The number of rotatable bonds is 6. The molecule has 0 aliphatic heterocycles. The molecule has 2 heteroatoms. The van der Waals surface area contributed by atoms with Crippen LogP contribution in [0.25, 0.3) is 261 Å². The third kappa shape index (κ3) is 8.70. The maximum Gasteiger partial charge on any atom is 0.136 e. The van der Waals surface area contributed by atoms with E-state index in [4.69, 9.17) is 40.4 Å². The van der Waals surface area contributed by atoms with Crippen LogP contribution in [-0.2, 0) is 0 Å². The van der Waals surface area contributed by atoms with E-state index in [2.05, 4.69) is 0 Å². The summed E-state index contributed by atoms with van der Waals surface area (Å²) in [6.45, 7) is 0. The van der Waals surface area contributed by atoms with Crippen LogP contribution >= 0.6 is 0 Å². The Morgan fingerprint density at radius 1 is 0.164 bits per heavy atom. The highest BCUT2D eigenvalue weighted by Gasteiger charge is 2.24. The van der Waals surface area contributed by atoms with Gasteiger partial charge in [0.15, 0.2) is 0 Å². The van der Waals surface area contributed by atoms with Crippen LogP contribution in [-0.4, -0.2) is 0 Å². The normalized spacial score (nSPS) is 18.5. The van der Waals surface area contributed by atoms with Gasteiger partial charge in [0, 0.05) is 21.5 Å². The van der Waals surface area contributed by atoms with Crippen LogP contribution in [0, 0.1) is 0 Å². The number of furan rings is 2. The van der Waals surface area contributed by atoms with Crippen molar-refractivity contribution in [2.24, 2.45) is 0 Å². The summed E-state index contributed by atoms with van der Waals surface area (Å²) in [5, 5.41) is -6.75. The zero-order chi connectivity index (χ0) is 113. The lowest BCUT2D eigenvalue weighted by atomic mass is 9.85. The van der Waals surface area contributed by atoms with Crippen molar-refractivity contribution in [2.45, 2.75) is 0 Å². The second-order valence-electron chi connectivity index (χ2n) is 26.5. The lowest BCUT2D eigenvalue weighted by Gasteiger charge is -2.18. The molecule has 0 radical (unpaired) electrons. The molecule has 0 saturated carbocycles. The fourth-order valence-electron chi connectivity index (χ4n) is 15.8. The first-order chi connectivity index (χ1) is 74.6. The van der Waals surface area contributed by atoms with Gasteiger partial charge in [0.1, 0.15) is 22.3 Å². The van der Waals surface area contributed by atoms with Gasteiger partial charge in [-0.25, -0.2) is 0 Å². The minimum Gasteiger partial charge on any atom is -0.456 e. The van der Waals surface area contributed by atoms with Crippen molar-refractivity contribution in [2.75, 3.05) is 0 Å². The molecule has 2 heterocycles. The number of hydrogen-bond acceptors (Lipinski definition) is 2. The molecule has 0 bridgehead atoms. The van der Waals surface area contributed by atoms with Gasteiger partial charge in [-0.2, -0.15) is 0 Å². The molecule has 0 saturated heterocycles. The molecule has 110 heavy (non-hydrogen) atoms. The first kappa shape index (κ1) is 30.4. The minimum atomic E-state index is -1.13. The smallest absolute Gasteiger partial charge is 0.136 e. The van der Waals surface area contributed by atoms with Gasteiger partial charge in [0.25, 0.3) is 0 Å². The molecule has 0 fully saturated rings. The molecular weight excluding hydrogens is 1330 g/mol. The molecule has 2 nitrogen and oxygen atoms in total. The van der Waals surface area contributed by atoms with Crippen LogP contribution in [0.15, 0.2) is 372 Å². The Bertz CT molecular complexity index is 11000. The van der Waals surface area contributed by atoms with Gasteiger partial charge in [-0.15, -0.1) is 0 Å². The predicted octanol–water partition coefficient (Wildman–Crippen LogP) is 31.1. The highest BCUT2D eigenvalue weighted by atomic mass is 16.3. The molecule has 504 valence electrons. The maximum atomic E-state index is 10.4. The topological polar surface area (TPSA) is 26.3 Å². The van der Waals surface area contributed by atoms with E-state index in [0.717, 1.165) is 16.2 Å². The van der Waals surface area contributed by atoms with Crippen LogP contribution in [0.4, 0.5) is 0 Å². The van der Waals surface area contributed by atoms with E-state index in [1.807, 2.05) is 42.5 Å². The molecule has 0 N–H and O–H groups in total. The number of hydrogen-bond donors (Lipinski definition) is 0. The second kappa shape index (κ2) is 22.6. The van der Waals surface area contributed by atoms with Crippen molar-refractivity contribution in [1.29, 1.82) is 0 Å². The zero-order valence-electron chi connectivity index (χ0n) is 104. The Labute approximate surface area is 697 Å². The molecular formula is C108H60O2. The standard InChI is InChI=1S/2C54H30O/c2*1-2-7-38-30-49-47(29-37(38)6-1)54-44(12-5-13-48(54)55-49)41-27-39(42-22-18-35-16-14-31-8-3-10-33-20-24-45(42)52(35)50(31)33)26-40(28-41)43-23-19-36-17-15-32-9-4-11-34-21-25-46(43)53(36)51(32)34/h2*1-30H/i1D,2D,3D,4D,5D,6D,7D,8D,9D,10D,11D,12D,13D,14D,15D,16D,17D,18D,19D,20D,21D,22D,23D,24D,25D,26D,27D,28D,29D,30D;3D,4D,8D,9D,10D,11D,14D,15D,16D,17D,18D,19D,20D,21D,22D,23D,24D,25D. The van der Waals surface area contributed by atoms with Gasteiger partial charge in [-0.3, -0.25) is 0 Å². The summed E-state index contributed by atoms with van der Waals surface area (Å²) < 4.78 is 457. The Hall–Kier alpha value is -14.4. The van der Waals surface area contributed by atoms with Gasteiger partial charge < -0.3 is 8.83 Å². The van der Waals surface area contributed by atoms with E-state index >= 15 is 0 Å². The molecule has 0 amide bonds. The van der Waals surface area contributed by atoms with Gasteiger partial charge in [0.05, 0.1) is 65.8 Å². The van der Waals surface area contributed by atoms with Crippen molar-refractivity contribution in [3.05, 3.63) is 363 Å². The highest BCUT2D eigenvalue weighted by molar-refractivity contribution is 6.31. The Balaban J connectivity index is 0.000000163. The zero-order valence-corrected chi connectivity index (χ0v) is 55.7. The fraction of sp³-hybridized carbons (Fsp3) is 0. The molecule has 0 atom stereocenters. The first-order valence-corrected chi connectivity index (χ1v) is 34.3. The summed E-state index contributed by atoms with van der Waals surface area (Å²) in [6, 6.07) is -14.5. The first-order valence-electron chi connectivity index (χ1n) is 58.3. The lowest BCUT2D eigenvalue weighted by molar-refractivity contribution is 0.669. The molecule has 26 rings (SSSR count). The van der Waals surface area contributed by atoms with Crippen LogP contribution < -0.4 is 0 Å². The summed E-state index contributed by atoms with van der Waals surface area (Å²) in [4.78, 5) is 0. The molecule has 0 aliphatic carbocycles. The van der Waals surface area contributed by atoms with Crippen LogP contribution in [0.2, 0.25) is 0 Å². The van der Waals surface area contributed by atoms with E-state index in [9.17, 15) is 34.3 Å². The SMILES string of the molecule is [2H]c1c(-c2c([2H])c([2H])c3c([2H])c([2H])c4c([2H])c([2H])c([2H])c5c([2H])c([2H])c2c3c45)c([2H])c(-c2c([2H])c([2H])c([2H])c3oc4c([2H])c5c([2H])c([2H])c([2H])c([2H])c5c([2H])c4c23)c([2H])c1-c1c([2H])c([2H])c2c([2H])c([2H])c3c([2H])c([2H])c([2H])c4c([2H])c([2H])c1c2c34.[2H]c1c([2H])c2c([2H])c([2H])c3c([2H])c([2H])c(-c4cc(-c5c([2H])c([2H])c6c([2H])c([2H])c7c([2H])c([2H])c([2H])c8c([2H])c([2H])c5c6c78)cc(-c5cccc6oc7cc8ccccc8cc7c56)c4)c4c([2H])c([2H])c(c1[2H])c2c34. The van der Waals surface area contributed by atoms with Crippen molar-refractivity contribution in [3.63, 3.8) is 0 Å². The van der Waals surface area contributed by atoms with Gasteiger partial charge >= 0.3 is 0 Å². The number of benzene rings is 24. The van der Waals surface area contributed by atoms with E-state index < -0.39 is 410 Å². The van der Waals surface area contributed by atoms with E-state index in [-0.39, 0.29) is 97.7 Å². The predicted molar refractivity (Wildman–Crippen MR) is 470 cm³/mol. The van der Waals surface area contributed by atoms with Crippen molar-refractivity contribution in [1.82, 2.24) is 0 Å². The monoisotopic (exact) mass is 1440 g/mol. The summed E-state index contributed by atoms with van der Waals surface area (Å²) in [6.07, 6.45) is 0. The van der Waals surface area contributed by atoms with Crippen molar-refractivity contribution < 1.29 is 74.6 Å². The van der Waals surface area contributed by atoms with Crippen LogP contribution in [0.3, 0.4) is 0 Å². The Morgan fingerprint density at radius 2 is 0.509 bits per heavy atom. The number of fused-ring (bicyclic) bond motifs is 8. The van der Waals surface area contributed by atoms with Gasteiger partial charge in [0.2, 0.25) is 0 Å². The maximum absolute atomic E-state index is 10.4. The summed E-state index contributed by atoms with van der Waals surface area (Å²) in [7, 11) is 0. The fourth-order valence-corrected chi connectivity index (χ4v) is 15.8. The summed E-state index contributed by atoms with van der Waals surface area (Å²) in [5.41, 5.74) is -4.67. The summed E-state index contributed by atoms with van der Waals surface area (Å²) in [5.74, 6) is 0. The lowest BCUT2D eigenvalue weighted by Crippen LogP contribution is -1.91. The molecule has 2 aromatic heterocycles. The highest BCUT2D eigenvalue weighted by Crippen LogP contribution is 2.50. The third-order valence-electron chi connectivity index (χ3n) is 20.6. The second-order valence-corrected chi connectivity index (χ2v) is 26.5. The van der Waals surface area contributed by atoms with Crippen LogP contribution in [0.5, 0.6) is 0 Å². The summed E-state index contributed by atoms with van der Waals surface area (Å²) >= 11 is 0. The van der Waals surface area contributed by atoms with Crippen molar-refractivity contribution in [3.8, 4) is 66.8 Å². The van der Waals surface area contributed by atoms with E-state index in [1.165, 1.54) is 6.07 Å². The van der Waals surface area contributed by atoms with E-state index in [1.54, 1.807) is 24.3 Å². The largest absolute Gasteiger partial charge is 0.456 e. The average Bonchev–Trinajstić information content (AvgIpc) is 0.818. The molecule has 0 aliphatic rings. The molecule has 24 aromatic carbocycles.